The van der Waals surface area contributed by atoms with Crippen molar-refractivity contribution in [3.8, 4) is 24.3 Å². The lowest BCUT2D eigenvalue weighted by atomic mass is 9.72. The van der Waals surface area contributed by atoms with E-state index in [0.717, 1.165) is 108 Å². The lowest BCUT2D eigenvalue weighted by molar-refractivity contribution is -0.140. The summed E-state index contributed by atoms with van der Waals surface area (Å²) in [6, 6.07) is 8.84. The highest BCUT2D eigenvalue weighted by atomic mass is 16.5. The molecule has 2 heterocycles. The molecule has 0 N–H and O–H groups in total. The van der Waals surface area contributed by atoms with E-state index in [1.54, 1.807) is 0 Å². The highest BCUT2D eigenvalue weighted by Crippen LogP contribution is 2.46. The van der Waals surface area contributed by atoms with E-state index in [1.807, 2.05) is 0 Å². The first-order valence-electron chi connectivity index (χ1n) is 19.8. The number of allylic oxidation sites excluding steroid dienone is 6. The fourth-order valence-electron chi connectivity index (χ4n) is 9.29. The van der Waals surface area contributed by atoms with Gasteiger partial charge in [-0.15, -0.1) is 0 Å². The SMILES string of the molecule is CC1(C)CC(N2CCCC2)=C(C#N)/C(=C(\C#N)C(=O)OCCCC2CCCC(CCOC(=O)/C(C#N)=C3\CC(C)(C)CC(N4CCCC4)=C3C#N)C2)C1. The Morgan fingerprint density at radius 2 is 1.08 bits per heavy atom. The minimum atomic E-state index is -0.648. The van der Waals surface area contributed by atoms with E-state index in [4.69, 9.17) is 9.47 Å². The van der Waals surface area contributed by atoms with Crippen molar-refractivity contribution in [1.82, 2.24) is 9.80 Å². The number of hydrogen-bond donors (Lipinski definition) is 0. The second-order valence-electron chi connectivity index (χ2n) is 17.3. The van der Waals surface area contributed by atoms with Crippen LogP contribution < -0.4 is 0 Å². The molecule has 5 aliphatic rings. The minimum Gasteiger partial charge on any atom is -0.462 e. The fraction of sp³-hybridized carbons (Fsp3) is 0.674. The van der Waals surface area contributed by atoms with Gasteiger partial charge in [-0.2, -0.15) is 21.0 Å². The third-order valence-corrected chi connectivity index (χ3v) is 11.9. The lowest BCUT2D eigenvalue weighted by Gasteiger charge is -2.37. The molecule has 53 heavy (non-hydrogen) atoms. The summed E-state index contributed by atoms with van der Waals surface area (Å²) in [6.45, 7) is 12.5. The van der Waals surface area contributed by atoms with Gasteiger partial charge >= 0.3 is 11.9 Å². The maximum atomic E-state index is 13.3. The summed E-state index contributed by atoms with van der Waals surface area (Å²) in [5, 5.41) is 40.4. The van der Waals surface area contributed by atoms with Crippen molar-refractivity contribution in [2.45, 2.75) is 124 Å². The van der Waals surface area contributed by atoms with E-state index in [0.29, 0.717) is 59.8 Å². The highest BCUT2D eigenvalue weighted by Gasteiger charge is 2.38. The van der Waals surface area contributed by atoms with Crippen LogP contribution >= 0.6 is 0 Å². The van der Waals surface area contributed by atoms with Gasteiger partial charge in [0.2, 0.25) is 0 Å². The van der Waals surface area contributed by atoms with E-state index in [-0.39, 0.29) is 35.2 Å². The molecule has 10 heteroatoms. The van der Waals surface area contributed by atoms with Crippen molar-refractivity contribution in [3.63, 3.8) is 0 Å². The number of nitriles is 4. The van der Waals surface area contributed by atoms with E-state index in [9.17, 15) is 30.6 Å². The molecule has 0 aromatic rings. The Morgan fingerprint density at radius 3 is 1.51 bits per heavy atom. The van der Waals surface area contributed by atoms with Gasteiger partial charge in [0, 0.05) is 37.6 Å². The van der Waals surface area contributed by atoms with Crippen LogP contribution in [-0.2, 0) is 19.1 Å². The van der Waals surface area contributed by atoms with Gasteiger partial charge in [-0.3, -0.25) is 0 Å². The second kappa shape index (κ2) is 17.5. The molecule has 0 radical (unpaired) electrons. The summed E-state index contributed by atoms with van der Waals surface area (Å²) in [5.41, 5.74) is 3.42. The Balaban J connectivity index is 1.13. The van der Waals surface area contributed by atoms with Crippen LogP contribution in [0.1, 0.15) is 124 Å². The molecule has 0 bridgehead atoms. The average Bonchev–Trinajstić information content (AvgIpc) is 3.86. The molecule has 0 aromatic carbocycles. The van der Waals surface area contributed by atoms with Crippen molar-refractivity contribution < 1.29 is 19.1 Å². The molecule has 3 fully saturated rings. The maximum Gasteiger partial charge on any atom is 0.349 e. The summed E-state index contributed by atoms with van der Waals surface area (Å²) < 4.78 is 11.3. The number of carbonyl (C=O) groups is 2. The third-order valence-electron chi connectivity index (χ3n) is 11.9. The molecule has 2 unspecified atom stereocenters. The van der Waals surface area contributed by atoms with Crippen LogP contribution in [0.15, 0.2) is 44.8 Å². The van der Waals surface area contributed by atoms with Gasteiger partial charge in [0.25, 0.3) is 0 Å². The Morgan fingerprint density at radius 1 is 0.642 bits per heavy atom. The molecular formula is C43H56N6O4. The summed E-state index contributed by atoms with van der Waals surface area (Å²) in [4.78, 5) is 31.0. The molecule has 5 rings (SSSR count). The van der Waals surface area contributed by atoms with Crippen molar-refractivity contribution in [2.75, 3.05) is 39.4 Å². The van der Waals surface area contributed by atoms with Crippen molar-refractivity contribution in [3.05, 3.63) is 44.8 Å². The first kappa shape index (κ1) is 39.7. The van der Waals surface area contributed by atoms with Gasteiger partial charge in [-0.25, -0.2) is 9.59 Å². The first-order valence-corrected chi connectivity index (χ1v) is 19.8. The zero-order valence-corrected chi connectivity index (χ0v) is 32.3. The number of carbonyl (C=O) groups excluding carboxylic acids is 2. The quantitative estimate of drug-likeness (QED) is 0.0886. The molecule has 2 aliphatic heterocycles. The highest BCUT2D eigenvalue weighted by molar-refractivity contribution is 5.95. The molecule has 2 atom stereocenters. The van der Waals surface area contributed by atoms with Crippen molar-refractivity contribution in [1.29, 1.82) is 21.0 Å². The Labute approximate surface area is 316 Å². The van der Waals surface area contributed by atoms with Gasteiger partial charge in [0.1, 0.15) is 35.4 Å². The van der Waals surface area contributed by atoms with Crippen molar-refractivity contribution >= 4 is 11.9 Å². The van der Waals surface area contributed by atoms with Crippen molar-refractivity contribution in [2.24, 2.45) is 22.7 Å². The van der Waals surface area contributed by atoms with Gasteiger partial charge in [-0.05, 0) is 111 Å². The molecule has 1 saturated carbocycles. The standard InChI is InChI=1S/C43H56N6O4/c1-42(2)22-32(34(26-44)38(24-42)48-15-5-6-16-48)36(28-46)40(50)52-19-10-13-30-11-9-12-31(21-30)14-20-53-41(51)37(29-47)33-23-43(3,4)25-39(35(33)27-45)49-17-7-8-18-49/h30-31H,5-25H2,1-4H3/b36-32+,37-33+. The molecule has 0 spiro atoms. The van der Waals surface area contributed by atoms with Gasteiger partial charge in [0.15, 0.2) is 0 Å². The lowest BCUT2D eigenvalue weighted by Crippen LogP contribution is -2.30. The maximum absolute atomic E-state index is 13.3. The number of ether oxygens (including phenoxy) is 2. The molecule has 0 aromatic heterocycles. The molecule has 2 saturated heterocycles. The van der Waals surface area contributed by atoms with Crippen LogP contribution in [0.2, 0.25) is 0 Å². The van der Waals surface area contributed by atoms with Crippen LogP contribution in [0, 0.1) is 68.0 Å². The summed E-state index contributed by atoms with van der Waals surface area (Å²) in [5.74, 6) is -0.445. The minimum absolute atomic E-state index is 0.0450. The summed E-state index contributed by atoms with van der Waals surface area (Å²) >= 11 is 0. The van der Waals surface area contributed by atoms with Gasteiger partial charge in [-0.1, -0.05) is 47.0 Å². The normalized spacial score (nSPS) is 25.9. The fourth-order valence-corrected chi connectivity index (χ4v) is 9.29. The summed E-state index contributed by atoms with van der Waals surface area (Å²) in [7, 11) is 0. The van der Waals surface area contributed by atoms with E-state index in [2.05, 4.69) is 61.8 Å². The zero-order valence-electron chi connectivity index (χ0n) is 32.3. The summed E-state index contributed by atoms with van der Waals surface area (Å²) in [6.07, 6.45) is 13.2. The number of hydrogen-bond acceptors (Lipinski definition) is 10. The third kappa shape index (κ3) is 9.72. The average molecular weight is 721 g/mol. The van der Waals surface area contributed by atoms with E-state index < -0.39 is 11.9 Å². The number of esters is 2. The number of likely N-dealkylation sites (tertiary alicyclic amines) is 2. The van der Waals surface area contributed by atoms with Gasteiger partial charge in [0.05, 0.1) is 24.4 Å². The van der Waals surface area contributed by atoms with Gasteiger partial charge < -0.3 is 19.3 Å². The topological polar surface area (TPSA) is 154 Å². The van der Waals surface area contributed by atoms with Crippen LogP contribution in [0.25, 0.3) is 0 Å². The predicted octanol–water partition coefficient (Wildman–Crippen LogP) is 8.08. The van der Waals surface area contributed by atoms with Crippen LogP contribution in [0.3, 0.4) is 0 Å². The first-order chi connectivity index (χ1) is 25.4. The molecular weight excluding hydrogens is 665 g/mol. The number of nitrogens with zero attached hydrogens (tertiary/aromatic N) is 6. The Kier molecular flexibility index (Phi) is 13.1. The smallest absolute Gasteiger partial charge is 0.349 e. The van der Waals surface area contributed by atoms with Crippen LogP contribution in [0.4, 0.5) is 0 Å². The number of rotatable bonds is 11. The Bertz CT molecular complexity index is 1720. The second-order valence-corrected chi connectivity index (χ2v) is 17.3. The largest absolute Gasteiger partial charge is 0.462 e. The predicted molar refractivity (Wildman–Crippen MR) is 199 cm³/mol. The molecule has 282 valence electrons. The molecule has 3 aliphatic carbocycles. The Hall–Kier alpha value is -4.54. The monoisotopic (exact) mass is 720 g/mol. The molecule has 10 nitrogen and oxygen atoms in total. The molecule has 0 amide bonds. The van der Waals surface area contributed by atoms with Crippen LogP contribution in [0.5, 0.6) is 0 Å². The van der Waals surface area contributed by atoms with E-state index in [1.165, 1.54) is 0 Å². The zero-order chi connectivity index (χ0) is 38.2. The van der Waals surface area contributed by atoms with E-state index >= 15 is 0 Å². The van der Waals surface area contributed by atoms with Crippen LogP contribution in [-0.4, -0.2) is 61.1 Å².